The molecule has 0 aliphatic rings. The first kappa shape index (κ1) is 14.6. The molecule has 0 radical (unpaired) electrons. The van der Waals surface area contributed by atoms with Gasteiger partial charge >= 0.3 is 0 Å². The maximum atomic E-state index is 12.9. The first-order valence-electron chi connectivity index (χ1n) is 6.40. The van der Waals surface area contributed by atoms with Crippen LogP contribution in [-0.2, 0) is 11.3 Å². The summed E-state index contributed by atoms with van der Waals surface area (Å²) in [6.45, 7) is 6.65. The van der Waals surface area contributed by atoms with E-state index in [0.29, 0.717) is 19.5 Å². The van der Waals surface area contributed by atoms with Gasteiger partial charge in [-0.25, -0.2) is 4.39 Å². The highest BCUT2D eigenvalue weighted by Gasteiger charge is 2.08. The zero-order valence-corrected chi connectivity index (χ0v) is 11.1. The minimum absolute atomic E-state index is 0.159. The standard InChI is InChI=1S/C14H21FN2O/c1-3-17(4-2)14(18)8-9-16-11-12-6-5-7-13(15)10-12/h5-7,10,16H,3-4,8-9,11H2,1-2H3. The van der Waals surface area contributed by atoms with Crippen LogP contribution in [0.3, 0.4) is 0 Å². The number of hydrogen-bond acceptors (Lipinski definition) is 2. The summed E-state index contributed by atoms with van der Waals surface area (Å²) in [4.78, 5) is 13.5. The van der Waals surface area contributed by atoms with E-state index in [0.717, 1.165) is 18.7 Å². The quantitative estimate of drug-likeness (QED) is 0.754. The Morgan fingerprint density at radius 3 is 2.67 bits per heavy atom. The topological polar surface area (TPSA) is 32.3 Å². The summed E-state index contributed by atoms with van der Waals surface area (Å²) in [5, 5.41) is 3.15. The van der Waals surface area contributed by atoms with Gasteiger partial charge in [-0.05, 0) is 31.5 Å². The van der Waals surface area contributed by atoms with Gasteiger partial charge < -0.3 is 10.2 Å². The fourth-order valence-electron chi connectivity index (χ4n) is 1.81. The van der Waals surface area contributed by atoms with Crippen LogP contribution in [0.2, 0.25) is 0 Å². The van der Waals surface area contributed by atoms with Gasteiger partial charge in [0.15, 0.2) is 0 Å². The summed E-state index contributed by atoms with van der Waals surface area (Å²) in [6.07, 6.45) is 0.483. The Morgan fingerprint density at radius 1 is 1.33 bits per heavy atom. The zero-order chi connectivity index (χ0) is 13.4. The van der Waals surface area contributed by atoms with Crippen molar-refractivity contribution in [2.75, 3.05) is 19.6 Å². The minimum atomic E-state index is -0.228. The largest absolute Gasteiger partial charge is 0.343 e. The molecule has 1 rings (SSSR count). The molecule has 0 spiro atoms. The van der Waals surface area contributed by atoms with Gasteiger partial charge in [-0.15, -0.1) is 0 Å². The third-order valence-electron chi connectivity index (χ3n) is 2.85. The number of carbonyl (C=O) groups excluding carboxylic acids is 1. The molecule has 4 heteroatoms. The Morgan fingerprint density at radius 2 is 2.06 bits per heavy atom. The van der Waals surface area contributed by atoms with Crippen LogP contribution < -0.4 is 5.32 Å². The van der Waals surface area contributed by atoms with Crippen molar-refractivity contribution in [3.8, 4) is 0 Å². The molecule has 1 aromatic carbocycles. The highest BCUT2D eigenvalue weighted by molar-refractivity contribution is 5.76. The van der Waals surface area contributed by atoms with E-state index in [4.69, 9.17) is 0 Å². The normalized spacial score (nSPS) is 10.4. The van der Waals surface area contributed by atoms with Crippen molar-refractivity contribution >= 4 is 5.91 Å². The van der Waals surface area contributed by atoms with Crippen LogP contribution in [0.5, 0.6) is 0 Å². The predicted octanol–water partition coefficient (Wildman–Crippen LogP) is 2.17. The smallest absolute Gasteiger partial charge is 0.223 e. The fraction of sp³-hybridized carbons (Fsp3) is 0.500. The molecule has 0 bridgehead atoms. The van der Waals surface area contributed by atoms with E-state index in [-0.39, 0.29) is 11.7 Å². The molecular weight excluding hydrogens is 231 g/mol. The van der Waals surface area contributed by atoms with Gasteiger partial charge in [0.05, 0.1) is 0 Å². The Balaban J connectivity index is 2.24. The van der Waals surface area contributed by atoms with Crippen LogP contribution in [0.1, 0.15) is 25.8 Å². The maximum Gasteiger partial charge on any atom is 0.223 e. The molecule has 0 atom stereocenters. The molecule has 0 fully saturated rings. The van der Waals surface area contributed by atoms with E-state index in [1.54, 1.807) is 6.07 Å². The lowest BCUT2D eigenvalue weighted by Crippen LogP contribution is -2.32. The molecule has 1 amide bonds. The number of nitrogens with one attached hydrogen (secondary N) is 1. The average Bonchev–Trinajstić information content (AvgIpc) is 2.36. The van der Waals surface area contributed by atoms with Crippen LogP contribution in [0.4, 0.5) is 4.39 Å². The van der Waals surface area contributed by atoms with Crippen molar-refractivity contribution in [2.45, 2.75) is 26.8 Å². The number of carbonyl (C=O) groups is 1. The lowest BCUT2D eigenvalue weighted by Gasteiger charge is -2.18. The number of nitrogens with zero attached hydrogens (tertiary/aromatic N) is 1. The summed E-state index contributed by atoms with van der Waals surface area (Å²) in [5.41, 5.74) is 0.894. The van der Waals surface area contributed by atoms with E-state index in [1.807, 2.05) is 24.8 Å². The Hall–Kier alpha value is -1.42. The third kappa shape index (κ3) is 4.84. The molecule has 0 aliphatic carbocycles. The second kappa shape index (κ2) is 7.82. The first-order chi connectivity index (χ1) is 8.67. The molecule has 0 saturated heterocycles. The summed E-state index contributed by atoms with van der Waals surface area (Å²) >= 11 is 0. The van der Waals surface area contributed by atoms with E-state index >= 15 is 0 Å². The van der Waals surface area contributed by atoms with Crippen LogP contribution in [-0.4, -0.2) is 30.4 Å². The highest BCUT2D eigenvalue weighted by atomic mass is 19.1. The molecule has 0 saturated carbocycles. The van der Waals surface area contributed by atoms with Gasteiger partial charge in [0.25, 0.3) is 0 Å². The molecule has 0 unspecified atom stereocenters. The van der Waals surface area contributed by atoms with Gasteiger partial charge in [0.2, 0.25) is 5.91 Å². The Bertz CT molecular complexity index is 378. The lowest BCUT2D eigenvalue weighted by molar-refractivity contribution is -0.130. The second-order valence-corrected chi connectivity index (χ2v) is 4.12. The molecule has 0 aliphatic heterocycles. The van der Waals surface area contributed by atoms with Gasteiger partial charge in [-0.3, -0.25) is 4.79 Å². The average molecular weight is 252 g/mol. The number of hydrogen-bond donors (Lipinski definition) is 1. The molecule has 100 valence electrons. The van der Waals surface area contributed by atoms with Crippen LogP contribution in [0.15, 0.2) is 24.3 Å². The molecule has 1 N–H and O–H groups in total. The van der Waals surface area contributed by atoms with Crippen molar-refractivity contribution in [3.05, 3.63) is 35.6 Å². The van der Waals surface area contributed by atoms with Gasteiger partial charge in [0, 0.05) is 32.6 Å². The van der Waals surface area contributed by atoms with Gasteiger partial charge in [-0.1, -0.05) is 12.1 Å². The van der Waals surface area contributed by atoms with Gasteiger partial charge in [0.1, 0.15) is 5.82 Å². The summed E-state index contributed by atoms with van der Waals surface area (Å²) in [5.74, 6) is -0.0692. The number of halogens is 1. The lowest BCUT2D eigenvalue weighted by atomic mass is 10.2. The molecule has 18 heavy (non-hydrogen) atoms. The summed E-state index contributed by atoms with van der Waals surface area (Å²) in [7, 11) is 0. The van der Waals surface area contributed by atoms with Gasteiger partial charge in [-0.2, -0.15) is 0 Å². The molecule has 1 aromatic rings. The van der Waals surface area contributed by atoms with Crippen LogP contribution >= 0.6 is 0 Å². The SMILES string of the molecule is CCN(CC)C(=O)CCNCc1cccc(F)c1. The van der Waals surface area contributed by atoms with Crippen molar-refractivity contribution in [3.63, 3.8) is 0 Å². The third-order valence-corrected chi connectivity index (χ3v) is 2.85. The predicted molar refractivity (Wildman–Crippen MR) is 70.7 cm³/mol. The van der Waals surface area contributed by atoms with Crippen LogP contribution in [0.25, 0.3) is 0 Å². The minimum Gasteiger partial charge on any atom is -0.343 e. The Kier molecular flexibility index (Phi) is 6.36. The molecule has 0 heterocycles. The van der Waals surface area contributed by atoms with Crippen molar-refractivity contribution in [2.24, 2.45) is 0 Å². The van der Waals surface area contributed by atoms with E-state index in [9.17, 15) is 9.18 Å². The van der Waals surface area contributed by atoms with Crippen molar-refractivity contribution < 1.29 is 9.18 Å². The molecular formula is C14H21FN2O. The summed E-state index contributed by atoms with van der Waals surface area (Å²) < 4.78 is 12.9. The maximum absolute atomic E-state index is 12.9. The van der Waals surface area contributed by atoms with Crippen molar-refractivity contribution in [1.82, 2.24) is 10.2 Å². The number of amides is 1. The Labute approximate surface area is 108 Å². The highest BCUT2D eigenvalue weighted by Crippen LogP contribution is 2.02. The second-order valence-electron chi connectivity index (χ2n) is 4.12. The number of rotatable bonds is 7. The number of benzene rings is 1. The van der Waals surface area contributed by atoms with E-state index in [2.05, 4.69) is 5.32 Å². The van der Waals surface area contributed by atoms with E-state index in [1.165, 1.54) is 12.1 Å². The zero-order valence-electron chi connectivity index (χ0n) is 11.1. The van der Waals surface area contributed by atoms with E-state index < -0.39 is 0 Å². The molecule has 3 nitrogen and oxygen atoms in total. The fourth-order valence-corrected chi connectivity index (χ4v) is 1.81. The van der Waals surface area contributed by atoms with Crippen molar-refractivity contribution in [1.29, 1.82) is 0 Å². The first-order valence-corrected chi connectivity index (χ1v) is 6.40. The summed E-state index contributed by atoms with van der Waals surface area (Å²) in [6, 6.07) is 6.47. The monoisotopic (exact) mass is 252 g/mol. The van der Waals surface area contributed by atoms with Crippen LogP contribution in [0, 0.1) is 5.82 Å². The molecule has 0 aromatic heterocycles.